The fourth-order valence-electron chi connectivity index (χ4n) is 17.5. The predicted octanol–water partition coefficient (Wildman–Crippen LogP) is 10.8. The van der Waals surface area contributed by atoms with Crippen LogP contribution in [0.3, 0.4) is 0 Å². The summed E-state index contributed by atoms with van der Waals surface area (Å²) in [6.07, 6.45) is 0.572. The van der Waals surface area contributed by atoms with E-state index in [0.29, 0.717) is 42.1 Å². The Bertz CT molecular complexity index is 5310. The van der Waals surface area contributed by atoms with Gasteiger partial charge in [-0.3, -0.25) is 57.3 Å². The molecule has 0 spiro atoms. The summed E-state index contributed by atoms with van der Waals surface area (Å²) in [5.41, 5.74) is 4.47. The summed E-state index contributed by atoms with van der Waals surface area (Å²) in [4.78, 5) is 207. The number of ether oxygens (including phenoxy) is 4. The van der Waals surface area contributed by atoms with Gasteiger partial charge in [0.05, 0.1) is 40.7 Å². The molecule has 1 aromatic heterocycles. The maximum Gasteiger partial charge on any atom is 0.419 e. The molecule has 7 aromatic rings. The van der Waals surface area contributed by atoms with Crippen LogP contribution < -0.4 is 53.2 Å². The number of carbonyl (C=O) groups is 14. The van der Waals surface area contributed by atoms with Crippen molar-refractivity contribution in [1.82, 2.24) is 67.5 Å². The number of benzene rings is 6. The number of hydrogen-bond donors (Lipinski definition) is 12. The normalized spacial score (nSPS) is 17.2. The number of nitrogens with one attached hydrogen (secondary N) is 10. The Balaban J connectivity index is 0.885. The molecule has 2 fully saturated rings. The number of para-hydroxylation sites is 1. The number of carbonyl (C=O) groups excluding carboxylic acids is 13. The number of hydrogen-bond acceptors (Lipinski definition) is 20. The number of aromatic nitrogens is 1. The fraction of sp³-hybridized carbons (Fsp3) is 0.500. The van der Waals surface area contributed by atoms with Gasteiger partial charge in [0, 0.05) is 48.5 Å². The summed E-state index contributed by atoms with van der Waals surface area (Å²) in [5, 5.41) is 37.7. The lowest BCUT2D eigenvalue weighted by atomic mass is 9.84. The van der Waals surface area contributed by atoms with Gasteiger partial charge in [-0.2, -0.15) is 12.6 Å². The van der Waals surface area contributed by atoms with Crippen LogP contribution in [0.15, 0.2) is 170 Å². The number of nitrogens with zero attached hydrogens (tertiary/aromatic N) is 3. The highest BCUT2D eigenvalue weighted by molar-refractivity contribution is 8.00. The van der Waals surface area contributed by atoms with E-state index in [1.807, 2.05) is 153 Å². The zero-order valence-corrected chi connectivity index (χ0v) is 83.7. The molecule has 1 aliphatic carbocycles. The van der Waals surface area contributed by atoms with Gasteiger partial charge in [0.1, 0.15) is 78.7 Å². The number of likely N-dealkylation sites (tertiary alicyclic amines) is 2. The second-order valence-corrected chi connectivity index (χ2v) is 40.5. The number of thioether (sulfide) groups is 1. The quantitative estimate of drug-likeness (QED) is 0.0125. The van der Waals surface area contributed by atoms with Crippen LogP contribution in [0.4, 0.5) is 9.59 Å². The summed E-state index contributed by atoms with van der Waals surface area (Å²) in [7, 11) is 0. The van der Waals surface area contributed by atoms with E-state index in [-0.39, 0.29) is 62.8 Å². The van der Waals surface area contributed by atoms with Crippen molar-refractivity contribution in [1.29, 1.82) is 0 Å². The van der Waals surface area contributed by atoms with Crippen molar-refractivity contribution >= 4 is 118 Å². The molecule has 0 unspecified atom stereocenters. The van der Waals surface area contributed by atoms with Gasteiger partial charge in [-0.05, 0) is 170 Å². The largest absolute Gasteiger partial charge is 0.480 e. The third-order valence-corrected chi connectivity index (χ3v) is 27.3. The van der Waals surface area contributed by atoms with E-state index in [9.17, 15) is 43.5 Å². The lowest BCUT2D eigenvalue weighted by molar-refractivity contribution is -0.149. The zero-order chi connectivity index (χ0) is 101. The van der Waals surface area contributed by atoms with Gasteiger partial charge in [-0.15, -0.1) is 11.8 Å². The molecule has 15 atom stereocenters. The van der Waals surface area contributed by atoms with E-state index in [0.717, 1.165) is 38.9 Å². The molecule has 0 bridgehead atoms. The summed E-state index contributed by atoms with van der Waals surface area (Å²) in [6.45, 7) is 27.9. The third-order valence-electron chi connectivity index (χ3n) is 25.3. The Hall–Kier alpha value is -12.1. The van der Waals surface area contributed by atoms with E-state index in [2.05, 4.69) is 65.8 Å². The van der Waals surface area contributed by atoms with Gasteiger partial charge in [-0.25, -0.2) is 14.4 Å². The highest BCUT2D eigenvalue weighted by atomic mass is 32.2. The third kappa shape index (κ3) is 27.9. The lowest BCUT2D eigenvalue weighted by Crippen LogP contribution is -2.63. The Labute approximate surface area is 818 Å². The van der Waals surface area contributed by atoms with E-state index >= 15 is 28.8 Å². The molecule has 744 valence electrons. The molecule has 10 rings (SSSR count). The molecule has 2 saturated heterocycles. The van der Waals surface area contributed by atoms with Crippen molar-refractivity contribution in [3.63, 3.8) is 0 Å². The highest BCUT2D eigenvalue weighted by Gasteiger charge is 2.48. The Morgan fingerprint density at radius 2 is 0.971 bits per heavy atom. The first-order valence-electron chi connectivity index (χ1n) is 47.6. The van der Waals surface area contributed by atoms with Crippen molar-refractivity contribution < 1.29 is 91.2 Å². The van der Waals surface area contributed by atoms with Gasteiger partial charge < -0.3 is 87.0 Å². The molecule has 2 aliphatic heterocycles. The first-order valence-corrected chi connectivity index (χ1v) is 49.2. The van der Waals surface area contributed by atoms with Gasteiger partial charge in [0.2, 0.25) is 65.0 Å². The standard InChI is InChI=1S/C104H137N13O19S2/c1-18-61(4)84(111-83(118)55-105-89(120)79(110-99(131)133-57-75-73-47-32-30-45-71(73)72-46-31-33-48-74(72)75)60-138-104(67-38-24-21-25-39-67,68-40-26-22-27-41-68)69-42-28-23-29-43-69)93(124)107-76(54-66-56-117(100(132)136-103(15,16)17)80-49-35-34-44-70(66)80)90(121)114-87(65(8)135-102(12,13)14)95(126)106-64(7)88(119)108-77(58-134-101(9,10)11)91(122)113-86(63(6)20-3)97(128)116-53-37-51-82(116)96(127)115-52-36-50-81(115)92(123)112-85(62(5)19-2)94(125)109-78(59-137)98(129)130/h21-35,38-49,56,61-65,75-79,81-82,84-87,137H,18-20,36-37,50-55,57-60H2,1-17H3,(H,105,120)(H,106,126)(H,107,124)(H,108,119)(H,109,125)(H,110,131)(H,111,118)(H,112,123)(H,113,122)(H,114,121)(H,129,130)/t61-,62-,63-,64-,65+,76-,77-,78-,79-,81-,82-,84-,85-,86-,87-/m0/s1. The maximum absolute atomic E-state index is 15.8. The SMILES string of the molecule is CC[C@H](C)[C@H](NC(=O)CNC(=O)[C@H](CSC(c1ccccc1)(c1ccccc1)c1ccccc1)NC(=O)OCC1c2ccccc2-c2ccccc21)C(=O)N[C@@H](Cc1cn(C(=O)OC(C)(C)C)c2ccccc12)C(=O)N[C@H](C(=O)N[C@@H](C)C(=O)N[C@@H](COC(C)(C)C)C(=O)N[C@H](C(=O)N1CCC[C@H]1C(=O)N1CCC[C@H]1C(=O)N[C@H](C(=O)N[C@@H](CS)C(=O)O)[C@@H](C)CC)[C@@H](C)CC)[C@@H](C)OC(C)(C)C. The van der Waals surface area contributed by atoms with Crippen molar-refractivity contribution in [2.45, 2.75) is 269 Å². The van der Waals surface area contributed by atoms with Crippen LogP contribution >= 0.6 is 24.4 Å². The fourth-order valence-corrected chi connectivity index (χ4v) is 19.3. The lowest BCUT2D eigenvalue weighted by Gasteiger charge is -2.36. The first kappa shape index (κ1) is 108. The monoisotopic (exact) mass is 1940 g/mol. The summed E-state index contributed by atoms with van der Waals surface area (Å²) < 4.78 is 24.8. The van der Waals surface area contributed by atoms with Gasteiger partial charge in [0.25, 0.3) is 0 Å². The van der Waals surface area contributed by atoms with Gasteiger partial charge in [-0.1, -0.05) is 219 Å². The van der Waals surface area contributed by atoms with Crippen molar-refractivity contribution in [2.75, 3.05) is 44.4 Å². The highest BCUT2D eigenvalue weighted by Crippen LogP contribution is 2.49. The van der Waals surface area contributed by atoms with Crippen molar-refractivity contribution in [3.8, 4) is 11.1 Å². The van der Waals surface area contributed by atoms with Crippen LogP contribution in [0.2, 0.25) is 0 Å². The summed E-state index contributed by atoms with van der Waals surface area (Å²) >= 11 is 5.46. The number of alkyl carbamates (subject to hydrolysis) is 1. The average Bonchev–Trinajstić information content (AvgIpc) is 0.859. The minimum atomic E-state index is -1.69. The number of rotatable bonds is 43. The predicted molar refractivity (Wildman–Crippen MR) is 530 cm³/mol. The van der Waals surface area contributed by atoms with Crippen molar-refractivity contribution in [3.05, 3.63) is 203 Å². The molecule has 3 aliphatic rings. The van der Waals surface area contributed by atoms with Gasteiger partial charge in [0.15, 0.2) is 0 Å². The van der Waals surface area contributed by atoms with Crippen LogP contribution in [0.5, 0.6) is 0 Å². The number of carboxylic acid groups (broad SMARTS) is 1. The molecule has 34 heteroatoms. The van der Waals surface area contributed by atoms with Gasteiger partial charge >= 0.3 is 18.2 Å². The number of aliphatic carboxylic acids is 1. The number of carboxylic acids is 1. The minimum absolute atomic E-state index is 0.0734. The number of fused-ring (bicyclic) bond motifs is 4. The van der Waals surface area contributed by atoms with Crippen LogP contribution in [0.25, 0.3) is 22.0 Å². The molecule has 3 heterocycles. The Morgan fingerprint density at radius 1 is 0.486 bits per heavy atom. The minimum Gasteiger partial charge on any atom is -0.480 e. The van der Waals surface area contributed by atoms with E-state index in [4.69, 9.17) is 18.9 Å². The molecule has 32 nitrogen and oxygen atoms in total. The van der Waals surface area contributed by atoms with E-state index < -0.39 is 208 Å². The topological polar surface area (TPSA) is 428 Å². The Morgan fingerprint density at radius 3 is 1.51 bits per heavy atom. The molecule has 11 N–H and O–H groups in total. The zero-order valence-electron chi connectivity index (χ0n) is 82.0. The van der Waals surface area contributed by atoms with Crippen LogP contribution in [0, 0.1) is 17.8 Å². The molecule has 138 heavy (non-hydrogen) atoms. The summed E-state index contributed by atoms with van der Waals surface area (Å²) in [5.74, 6) is -12.3. The van der Waals surface area contributed by atoms with Crippen LogP contribution in [-0.2, 0) is 87.6 Å². The van der Waals surface area contributed by atoms with E-state index in [1.165, 1.54) is 46.2 Å². The van der Waals surface area contributed by atoms with Crippen molar-refractivity contribution in [2.24, 2.45) is 17.8 Å². The van der Waals surface area contributed by atoms with E-state index in [1.54, 1.807) is 114 Å². The first-order chi connectivity index (χ1) is 65.4. The second-order valence-electron chi connectivity index (χ2n) is 38.9. The molecule has 12 amide bonds. The smallest absolute Gasteiger partial charge is 0.419 e. The molecular formula is C104H137N13O19S2. The number of amides is 12. The molecule has 6 aromatic carbocycles. The summed E-state index contributed by atoms with van der Waals surface area (Å²) in [6, 6.07) is 36.8. The second kappa shape index (κ2) is 48.4. The average molecular weight is 1940 g/mol. The van der Waals surface area contributed by atoms with Crippen LogP contribution in [-0.4, -0.2) is 236 Å². The molecular weight excluding hydrogens is 1800 g/mol. The molecule has 0 saturated carbocycles. The Kier molecular flexibility index (Phi) is 37.9. The number of thiol groups is 1. The molecule has 0 radical (unpaired) electrons. The maximum atomic E-state index is 15.8. The van der Waals surface area contributed by atoms with Crippen LogP contribution in [0.1, 0.15) is 202 Å².